The molecule has 3 nitrogen and oxygen atoms in total. The van der Waals surface area contributed by atoms with Crippen LogP contribution in [0.5, 0.6) is 0 Å². The second-order valence-electron chi connectivity index (χ2n) is 3.10. The van der Waals surface area contributed by atoms with E-state index < -0.39 is 5.97 Å². The van der Waals surface area contributed by atoms with E-state index in [1.165, 1.54) is 0 Å². The van der Waals surface area contributed by atoms with E-state index in [-0.39, 0.29) is 12.0 Å². The van der Waals surface area contributed by atoms with E-state index in [0.717, 1.165) is 12.0 Å². The molecule has 3 heteroatoms. The molecule has 0 radical (unpaired) electrons. The molecule has 1 aliphatic carbocycles. The summed E-state index contributed by atoms with van der Waals surface area (Å²) in [7, 11) is 0. The highest BCUT2D eigenvalue weighted by atomic mass is 16.4. The summed E-state index contributed by atoms with van der Waals surface area (Å²) in [5.41, 5.74) is 6.71. The maximum Gasteiger partial charge on any atom is 0.308 e. The minimum absolute atomic E-state index is 0.228. The average Bonchev–Trinajstić information content (AvgIpc) is 1.85. The van der Waals surface area contributed by atoms with Gasteiger partial charge in [-0.2, -0.15) is 0 Å². The van der Waals surface area contributed by atoms with E-state index in [1.54, 1.807) is 0 Å². The van der Waals surface area contributed by atoms with Crippen LogP contribution in [-0.4, -0.2) is 17.1 Å². The summed E-state index contributed by atoms with van der Waals surface area (Å²) >= 11 is 0. The first kappa shape index (κ1) is 8.27. The fourth-order valence-corrected chi connectivity index (χ4v) is 1.46. The number of nitrogens with two attached hydrogens (primary N) is 1. The first-order valence-corrected chi connectivity index (χ1v) is 3.76. The summed E-state index contributed by atoms with van der Waals surface area (Å²) in [4.78, 5) is 10.6. The van der Waals surface area contributed by atoms with Crippen LogP contribution in [-0.2, 0) is 4.79 Å². The van der Waals surface area contributed by atoms with Crippen LogP contribution in [0.4, 0.5) is 0 Å². The number of carboxylic acids is 1. The maximum absolute atomic E-state index is 10.6. The molecule has 62 valence electrons. The number of rotatable bonds is 1. The predicted octanol–water partition coefficient (Wildman–Crippen LogP) is 0.755. The molecule has 2 atom stereocenters. The summed E-state index contributed by atoms with van der Waals surface area (Å²) in [5, 5.41) is 8.69. The number of hydrogen-bond acceptors (Lipinski definition) is 2. The number of carbonyl (C=O) groups is 1. The molecule has 1 fully saturated rings. The first-order valence-electron chi connectivity index (χ1n) is 3.76. The molecule has 0 saturated heterocycles. The van der Waals surface area contributed by atoms with Crippen LogP contribution in [0.3, 0.4) is 0 Å². The molecule has 3 N–H and O–H groups in total. The molecule has 1 saturated carbocycles. The van der Waals surface area contributed by atoms with Gasteiger partial charge in [-0.25, -0.2) is 0 Å². The smallest absolute Gasteiger partial charge is 0.308 e. The van der Waals surface area contributed by atoms with Crippen molar-refractivity contribution in [3.05, 3.63) is 12.2 Å². The highest BCUT2D eigenvalue weighted by Crippen LogP contribution is 2.26. The summed E-state index contributed by atoms with van der Waals surface area (Å²) < 4.78 is 0. The van der Waals surface area contributed by atoms with Crippen LogP contribution in [0.15, 0.2) is 12.2 Å². The van der Waals surface area contributed by atoms with Gasteiger partial charge >= 0.3 is 5.97 Å². The molecule has 0 aromatic rings. The Balaban J connectivity index is 2.57. The Morgan fingerprint density at radius 3 is 2.82 bits per heavy atom. The second kappa shape index (κ2) is 3.05. The standard InChI is InChI=1S/C8H13NO2/c1-5-2-3-6(8(10)11)7(9)4-5/h6-7H,1-4,9H2,(H,10,11)/t6-,7+/m1/s1. The van der Waals surface area contributed by atoms with Gasteiger partial charge in [-0.05, 0) is 19.3 Å². The third-order valence-electron chi connectivity index (χ3n) is 2.17. The molecule has 1 rings (SSSR count). The van der Waals surface area contributed by atoms with Crippen molar-refractivity contribution < 1.29 is 9.90 Å². The van der Waals surface area contributed by atoms with Gasteiger partial charge in [-0.15, -0.1) is 0 Å². The summed E-state index contributed by atoms with van der Waals surface area (Å²) in [6, 6.07) is -0.228. The lowest BCUT2D eigenvalue weighted by Crippen LogP contribution is -2.38. The van der Waals surface area contributed by atoms with Gasteiger partial charge in [0.15, 0.2) is 0 Å². The van der Waals surface area contributed by atoms with E-state index >= 15 is 0 Å². The van der Waals surface area contributed by atoms with Crippen molar-refractivity contribution in [2.24, 2.45) is 11.7 Å². The van der Waals surface area contributed by atoms with Crippen molar-refractivity contribution in [3.8, 4) is 0 Å². The summed E-state index contributed by atoms with van der Waals surface area (Å²) in [6.07, 6.45) is 2.12. The van der Waals surface area contributed by atoms with E-state index in [0.29, 0.717) is 12.8 Å². The zero-order valence-electron chi connectivity index (χ0n) is 6.42. The van der Waals surface area contributed by atoms with Gasteiger partial charge in [0.25, 0.3) is 0 Å². The van der Waals surface area contributed by atoms with Crippen molar-refractivity contribution in [3.63, 3.8) is 0 Å². The normalized spacial score (nSPS) is 31.9. The first-order chi connectivity index (χ1) is 5.11. The molecule has 0 bridgehead atoms. The Labute approximate surface area is 65.9 Å². The van der Waals surface area contributed by atoms with Gasteiger partial charge in [0.2, 0.25) is 0 Å². The highest BCUT2D eigenvalue weighted by Gasteiger charge is 2.28. The van der Waals surface area contributed by atoms with Gasteiger partial charge in [-0.1, -0.05) is 12.2 Å². The van der Waals surface area contributed by atoms with Crippen LogP contribution in [0, 0.1) is 5.92 Å². The quantitative estimate of drug-likeness (QED) is 0.549. The lowest BCUT2D eigenvalue weighted by atomic mass is 9.83. The second-order valence-corrected chi connectivity index (χ2v) is 3.10. The van der Waals surface area contributed by atoms with Gasteiger partial charge in [0, 0.05) is 6.04 Å². The van der Waals surface area contributed by atoms with Gasteiger partial charge in [-0.3, -0.25) is 4.79 Å². The van der Waals surface area contributed by atoms with E-state index in [1.807, 2.05) is 0 Å². The Hall–Kier alpha value is -0.830. The fraction of sp³-hybridized carbons (Fsp3) is 0.625. The maximum atomic E-state index is 10.6. The topological polar surface area (TPSA) is 63.3 Å². The molecule has 0 spiro atoms. The van der Waals surface area contributed by atoms with E-state index in [4.69, 9.17) is 10.8 Å². The minimum atomic E-state index is -0.773. The van der Waals surface area contributed by atoms with Gasteiger partial charge < -0.3 is 10.8 Å². The monoisotopic (exact) mass is 155 g/mol. The number of hydrogen-bond donors (Lipinski definition) is 2. The molecular formula is C8H13NO2. The zero-order chi connectivity index (χ0) is 8.43. The van der Waals surface area contributed by atoms with Crippen LogP contribution in [0.1, 0.15) is 19.3 Å². The van der Waals surface area contributed by atoms with Crippen molar-refractivity contribution in [1.29, 1.82) is 0 Å². The van der Waals surface area contributed by atoms with E-state index in [9.17, 15) is 4.79 Å². The molecule has 0 unspecified atom stereocenters. The van der Waals surface area contributed by atoms with E-state index in [2.05, 4.69) is 6.58 Å². The summed E-state index contributed by atoms with van der Waals surface area (Å²) in [5.74, 6) is -1.13. The van der Waals surface area contributed by atoms with Gasteiger partial charge in [0.05, 0.1) is 5.92 Å². The third-order valence-corrected chi connectivity index (χ3v) is 2.17. The van der Waals surface area contributed by atoms with Crippen molar-refractivity contribution >= 4 is 5.97 Å². The Morgan fingerprint density at radius 1 is 1.73 bits per heavy atom. The molecular weight excluding hydrogens is 142 g/mol. The van der Waals surface area contributed by atoms with Crippen molar-refractivity contribution in [2.45, 2.75) is 25.3 Å². The number of aliphatic carboxylic acids is 1. The number of carboxylic acid groups (broad SMARTS) is 1. The fourth-order valence-electron chi connectivity index (χ4n) is 1.46. The third kappa shape index (κ3) is 1.80. The molecule has 0 aromatic heterocycles. The molecule has 0 amide bonds. The SMILES string of the molecule is C=C1CC[C@@H](C(=O)O)[C@@H](N)C1. The predicted molar refractivity (Wildman–Crippen MR) is 42.1 cm³/mol. The highest BCUT2D eigenvalue weighted by molar-refractivity contribution is 5.71. The molecule has 0 aliphatic heterocycles. The Bertz CT molecular complexity index is 189. The van der Waals surface area contributed by atoms with Crippen LogP contribution in [0.2, 0.25) is 0 Å². The molecule has 11 heavy (non-hydrogen) atoms. The lowest BCUT2D eigenvalue weighted by Gasteiger charge is -2.26. The largest absolute Gasteiger partial charge is 0.481 e. The van der Waals surface area contributed by atoms with Crippen LogP contribution >= 0.6 is 0 Å². The van der Waals surface area contributed by atoms with Crippen LogP contribution < -0.4 is 5.73 Å². The minimum Gasteiger partial charge on any atom is -0.481 e. The summed E-state index contributed by atoms with van der Waals surface area (Å²) in [6.45, 7) is 3.79. The van der Waals surface area contributed by atoms with Gasteiger partial charge in [0.1, 0.15) is 0 Å². The van der Waals surface area contributed by atoms with Crippen LogP contribution in [0.25, 0.3) is 0 Å². The molecule has 1 aliphatic rings. The zero-order valence-corrected chi connectivity index (χ0v) is 6.42. The van der Waals surface area contributed by atoms with Crippen molar-refractivity contribution in [2.75, 3.05) is 0 Å². The molecule has 0 heterocycles. The molecule has 0 aromatic carbocycles. The lowest BCUT2D eigenvalue weighted by molar-refractivity contribution is -0.143. The Kier molecular flexibility index (Phi) is 2.29. The Morgan fingerprint density at radius 2 is 2.36 bits per heavy atom. The average molecular weight is 155 g/mol. The van der Waals surface area contributed by atoms with Crippen molar-refractivity contribution in [1.82, 2.24) is 0 Å².